The van der Waals surface area contributed by atoms with Gasteiger partial charge in [0.15, 0.2) is 0 Å². The number of nitriles is 1. The van der Waals surface area contributed by atoms with Crippen molar-refractivity contribution in [1.82, 2.24) is 0 Å². The SMILES string of the molecule is N#Cc1c(F)cccc1NC(=O)C1CC1. The van der Waals surface area contributed by atoms with Gasteiger partial charge in [0.25, 0.3) is 0 Å². The first-order chi connectivity index (χ1) is 7.22. The number of anilines is 1. The van der Waals surface area contributed by atoms with Gasteiger partial charge in [-0.2, -0.15) is 5.26 Å². The number of nitrogens with zero attached hydrogens (tertiary/aromatic N) is 1. The van der Waals surface area contributed by atoms with Crippen LogP contribution in [0.15, 0.2) is 18.2 Å². The minimum absolute atomic E-state index is 0.0415. The number of benzene rings is 1. The van der Waals surface area contributed by atoms with Crippen molar-refractivity contribution >= 4 is 11.6 Å². The lowest BCUT2D eigenvalue weighted by Gasteiger charge is -2.06. The van der Waals surface area contributed by atoms with Crippen molar-refractivity contribution in [3.05, 3.63) is 29.6 Å². The molecule has 0 radical (unpaired) electrons. The van der Waals surface area contributed by atoms with Gasteiger partial charge in [-0.25, -0.2) is 4.39 Å². The van der Waals surface area contributed by atoms with Crippen LogP contribution in [0.4, 0.5) is 10.1 Å². The summed E-state index contributed by atoms with van der Waals surface area (Å²) in [5, 5.41) is 11.3. The molecule has 1 aliphatic rings. The van der Waals surface area contributed by atoms with Crippen LogP contribution in [0.3, 0.4) is 0 Å². The molecule has 0 atom stereocenters. The molecule has 1 amide bonds. The molecule has 0 aliphatic heterocycles. The number of carbonyl (C=O) groups is 1. The number of carbonyl (C=O) groups excluding carboxylic acids is 1. The maximum atomic E-state index is 13.1. The summed E-state index contributed by atoms with van der Waals surface area (Å²) < 4.78 is 13.1. The van der Waals surface area contributed by atoms with E-state index in [9.17, 15) is 9.18 Å². The Hall–Kier alpha value is -1.89. The van der Waals surface area contributed by atoms with E-state index in [4.69, 9.17) is 5.26 Å². The van der Waals surface area contributed by atoms with Crippen molar-refractivity contribution in [2.24, 2.45) is 5.92 Å². The van der Waals surface area contributed by atoms with Crippen LogP contribution in [0.5, 0.6) is 0 Å². The lowest BCUT2D eigenvalue weighted by atomic mass is 10.2. The fourth-order valence-electron chi connectivity index (χ4n) is 1.32. The number of nitrogens with one attached hydrogen (secondary N) is 1. The van der Waals surface area contributed by atoms with Crippen LogP contribution in [-0.4, -0.2) is 5.91 Å². The first-order valence-electron chi connectivity index (χ1n) is 4.72. The molecule has 0 bridgehead atoms. The second kappa shape index (κ2) is 3.70. The molecule has 2 rings (SSSR count). The van der Waals surface area contributed by atoms with E-state index in [-0.39, 0.29) is 23.1 Å². The molecule has 0 heterocycles. The number of amides is 1. The molecule has 3 nitrogen and oxygen atoms in total. The second-order valence-corrected chi connectivity index (χ2v) is 3.54. The van der Waals surface area contributed by atoms with Crippen molar-refractivity contribution in [2.45, 2.75) is 12.8 Å². The van der Waals surface area contributed by atoms with Crippen LogP contribution in [0.2, 0.25) is 0 Å². The zero-order valence-corrected chi connectivity index (χ0v) is 7.96. The van der Waals surface area contributed by atoms with Crippen molar-refractivity contribution in [3.8, 4) is 6.07 Å². The van der Waals surface area contributed by atoms with Crippen molar-refractivity contribution in [2.75, 3.05) is 5.32 Å². The largest absolute Gasteiger partial charge is 0.325 e. The third-order valence-corrected chi connectivity index (χ3v) is 2.33. The lowest BCUT2D eigenvalue weighted by molar-refractivity contribution is -0.117. The Kier molecular flexibility index (Phi) is 2.38. The van der Waals surface area contributed by atoms with E-state index < -0.39 is 5.82 Å². The highest BCUT2D eigenvalue weighted by Gasteiger charge is 2.30. The summed E-state index contributed by atoms with van der Waals surface area (Å²) in [6.45, 7) is 0. The van der Waals surface area contributed by atoms with E-state index in [0.29, 0.717) is 0 Å². The van der Waals surface area contributed by atoms with Crippen LogP contribution in [-0.2, 0) is 4.79 Å². The monoisotopic (exact) mass is 204 g/mol. The maximum absolute atomic E-state index is 13.1. The minimum Gasteiger partial charge on any atom is -0.325 e. The third kappa shape index (κ3) is 1.96. The van der Waals surface area contributed by atoms with Crippen LogP contribution < -0.4 is 5.32 Å². The molecule has 4 heteroatoms. The quantitative estimate of drug-likeness (QED) is 0.801. The van der Waals surface area contributed by atoms with Crippen LogP contribution in [0.1, 0.15) is 18.4 Å². The number of halogens is 1. The number of hydrogen-bond acceptors (Lipinski definition) is 2. The van der Waals surface area contributed by atoms with E-state index in [1.54, 1.807) is 6.07 Å². The van der Waals surface area contributed by atoms with Gasteiger partial charge in [0, 0.05) is 5.92 Å². The van der Waals surface area contributed by atoms with Gasteiger partial charge in [0.05, 0.1) is 5.69 Å². The molecule has 76 valence electrons. The van der Waals surface area contributed by atoms with E-state index in [1.165, 1.54) is 18.2 Å². The summed E-state index contributed by atoms with van der Waals surface area (Å²) in [7, 11) is 0. The molecule has 0 saturated heterocycles. The Balaban J connectivity index is 2.24. The van der Waals surface area contributed by atoms with Crippen LogP contribution in [0, 0.1) is 23.1 Å². The smallest absolute Gasteiger partial charge is 0.227 e. The number of rotatable bonds is 2. The summed E-state index contributed by atoms with van der Waals surface area (Å²) in [5.74, 6) is -0.692. The topological polar surface area (TPSA) is 52.9 Å². The third-order valence-electron chi connectivity index (χ3n) is 2.33. The molecule has 1 aromatic rings. The van der Waals surface area contributed by atoms with Gasteiger partial charge in [0.2, 0.25) is 5.91 Å². The highest BCUT2D eigenvalue weighted by atomic mass is 19.1. The summed E-state index contributed by atoms with van der Waals surface area (Å²) in [5.41, 5.74) is 0.154. The normalized spacial score (nSPS) is 14.4. The molecular formula is C11H9FN2O. The maximum Gasteiger partial charge on any atom is 0.227 e. The van der Waals surface area contributed by atoms with E-state index in [0.717, 1.165) is 12.8 Å². The predicted octanol–water partition coefficient (Wildman–Crippen LogP) is 2.05. The molecule has 1 aromatic carbocycles. The van der Waals surface area contributed by atoms with E-state index in [2.05, 4.69) is 5.32 Å². The Morgan fingerprint density at radius 2 is 2.27 bits per heavy atom. The van der Waals surface area contributed by atoms with Crippen LogP contribution >= 0.6 is 0 Å². The predicted molar refractivity (Wildman–Crippen MR) is 52.5 cm³/mol. The highest BCUT2D eigenvalue weighted by Crippen LogP contribution is 2.30. The van der Waals surface area contributed by atoms with Crippen LogP contribution in [0.25, 0.3) is 0 Å². The average Bonchev–Trinajstić information content (AvgIpc) is 3.01. The summed E-state index contributed by atoms with van der Waals surface area (Å²) in [4.78, 5) is 11.4. The first kappa shape index (κ1) is 9.66. The van der Waals surface area contributed by atoms with Crippen molar-refractivity contribution in [1.29, 1.82) is 5.26 Å². The minimum atomic E-state index is -0.605. The molecule has 1 aliphatic carbocycles. The Morgan fingerprint density at radius 1 is 1.53 bits per heavy atom. The second-order valence-electron chi connectivity index (χ2n) is 3.54. The van der Waals surface area contributed by atoms with Gasteiger partial charge >= 0.3 is 0 Å². The van der Waals surface area contributed by atoms with Crippen molar-refractivity contribution in [3.63, 3.8) is 0 Å². The van der Waals surface area contributed by atoms with Gasteiger partial charge in [0.1, 0.15) is 17.4 Å². The molecule has 0 aromatic heterocycles. The fraction of sp³-hybridized carbons (Fsp3) is 0.273. The summed E-state index contributed by atoms with van der Waals surface area (Å²) in [6.07, 6.45) is 1.76. The average molecular weight is 204 g/mol. The Labute approximate surface area is 86.5 Å². The molecular weight excluding hydrogens is 195 g/mol. The lowest BCUT2D eigenvalue weighted by Crippen LogP contribution is -2.14. The van der Waals surface area contributed by atoms with E-state index in [1.807, 2.05) is 0 Å². The zero-order chi connectivity index (χ0) is 10.8. The molecule has 15 heavy (non-hydrogen) atoms. The molecule has 0 spiro atoms. The fourth-order valence-corrected chi connectivity index (χ4v) is 1.32. The van der Waals surface area contributed by atoms with Gasteiger partial charge in [-0.05, 0) is 25.0 Å². The Morgan fingerprint density at radius 3 is 2.87 bits per heavy atom. The first-order valence-corrected chi connectivity index (χ1v) is 4.72. The van der Waals surface area contributed by atoms with E-state index >= 15 is 0 Å². The molecule has 1 saturated carbocycles. The summed E-state index contributed by atoms with van der Waals surface area (Å²) in [6, 6.07) is 5.94. The van der Waals surface area contributed by atoms with Gasteiger partial charge in [-0.3, -0.25) is 4.79 Å². The zero-order valence-electron chi connectivity index (χ0n) is 7.96. The number of hydrogen-bond donors (Lipinski definition) is 1. The molecule has 0 unspecified atom stereocenters. The van der Waals surface area contributed by atoms with Gasteiger partial charge in [-0.1, -0.05) is 6.07 Å². The standard InChI is InChI=1S/C11H9FN2O/c12-9-2-1-3-10(8(9)6-13)14-11(15)7-4-5-7/h1-3,7H,4-5H2,(H,14,15). The molecule has 1 fully saturated rings. The molecule has 1 N–H and O–H groups in total. The van der Waals surface area contributed by atoms with Gasteiger partial charge in [-0.15, -0.1) is 0 Å². The summed E-state index contributed by atoms with van der Waals surface area (Å²) >= 11 is 0. The Bertz CT molecular complexity index is 446. The highest BCUT2D eigenvalue weighted by molar-refractivity contribution is 5.95. The van der Waals surface area contributed by atoms with Crippen molar-refractivity contribution < 1.29 is 9.18 Å². The van der Waals surface area contributed by atoms with Gasteiger partial charge < -0.3 is 5.32 Å².